The minimum absolute atomic E-state index is 0.0799. The predicted molar refractivity (Wildman–Crippen MR) is 106 cm³/mol. The standard InChI is InChI=1S/C21H21FN6O/c1-14-18(15(2)28(26-14)17-8-6-16(22)7-9-17)13-21(29)23-11-10-20-25-24-19-5-3-4-12-27(19)20/h3-9,12H,10-11,13H2,1-2H3,(H,23,29). The lowest BCUT2D eigenvalue weighted by Crippen LogP contribution is -2.28. The van der Waals surface area contributed by atoms with Gasteiger partial charge in [-0.2, -0.15) is 5.10 Å². The summed E-state index contributed by atoms with van der Waals surface area (Å²) in [6.45, 7) is 4.25. The number of carbonyl (C=O) groups excluding carboxylic acids is 1. The zero-order valence-corrected chi connectivity index (χ0v) is 16.3. The third-order valence-electron chi connectivity index (χ3n) is 4.90. The van der Waals surface area contributed by atoms with Crippen LogP contribution in [0, 0.1) is 19.7 Å². The molecule has 1 aromatic carbocycles. The summed E-state index contributed by atoms with van der Waals surface area (Å²) in [5, 5.41) is 15.7. The van der Waals surface area contributed by atoms with Crippen LogP contribution in [0.2, 0.25) is 0 Å². The Morgan fingerprint density at radius 1 is 1.10 bits per heavy atom. The summed E-state index contributed by atoms with van der Waals surface area (Å²) in [6.07, 6.45) is 2.73. The third-order valence-corrected chi connectivity index (χ3v) is 4.90. The van der Waals surface area contributed by atoms with Gasteiger partial charge in [0.05, 0.1) is 17.8 Å². The molecule has 0 bridgehead atoms. The summed E-state index contributed by atoms with van der Waals surface area (Å²) in [7, 11) is 0. The van der Waals surface area contributed by atoms with Gasteiger partial charge in [0.25, 0.3) is 0 Å². The molecule has 0 unspecified atom stereocenters. The van der Waals surface area contributed by atoms with E-state index in [1.165, 1.54) is 12.1 Å². The Morgan fingerprint density at radius 3 is 2.69 bits per heavy atom. The number of rotatable bonds is 6. The zero-order valence-electron chi connectivity index (χ0n) is 16.3. The number of pyridine rings is 1. The Bertz CT molecular complexity index is 1160. The largest absolute Gasteiger partial charge is 0.355 e. The molecule has 1 amide bonds. The fourth-order valence-corrected chi connectivity index (χ4v) is 3.36. The summed E-state index contributed by atoms with van der Waals surface area (Å²) in [5.41, 5.74) is 4.07. The van der Waals surface area contributed by atoms with E-state index in [4.69, 9.17) is 0 Å². The van der Waals surface area contributed by atoms with Crippen LogP contribution < -0.4 is 5.32 Å². The Hall–Kier alpha value is -3.55. The number of halogens is 1. The molecule has 1 N–H and O–H groups in total. The Labute approximate surface area is 167 Å². The van der Waals surface area contributed by atoms with E-state index in [1.807, 2.05) is 42.6 Å². The highest BCUT2D eigenvalue weighted by atomic mass is 19.1. The molecule has 3 aromatic heterocycles. The molecule has 7 nitrogen and oxygen atoms in total. The fraction of sp³-hybridized carbons (Fsp3) is 0.238. The first kappa shape index (κ1) is 18.8. The average molecular weight is 392 g/mol. The summed E-state index contributed by atoms with van der Waals surface area (Å²) in [6, 6.07) is 11.8. The maximum Gasteiger partial charge on any atom is 0.224 e. The average Bonchev–Trinajstić information content (AvgIpc) is 3.25. The number of nitrogens with one attached hydrogen (secondary N) is 1. The number of benzene rings is 1. The SMILES string of the molecule is Cc1nn(-c2ccc(F)cc2)c(C)c1CC(=O)NCCc1nnc2ccccn12. The van der Waals surface area contributed by atoms with Crippen LogP contribution in [0.15, 0.2) is 48.7 Å². The van der Waals surface area contributed by atoms with Crippen molar-refractivity contribution in [1.82, 2.24) is 29.7 Å². The van der Waals surface area contributed by atoms with Gasteiger partial charge in [-0.1, -0.05) is 6.07 Å². The minimum atomic E-state index is -0.296. The number of aromatic nitrogens is 5. The van der Waals surface area contributed by atoms with Crippen LogP contribution in [0.5, 0.6) is 0 Å². The normalized spacial score (nSPS) is 11.1. The Balaban J connectivity index is 1.40. The lowest BCUT2D eigenvalue weighted by molar-refractivity contribution is -0.120. The monoisotopic (exact) mass is 392 g/mol. The van der Waals surface area contributed by atoms with E-state index in [-0.39, 0.29) is 18.1 Å². The summed E-state index contributed by atoms with van der Waals surface area (Å²) in [5.74, 6) is 0.427. The van der Waals surface area contributed by atoms with Gasteiger partial charge < -0.3 is 5.32 Å². The van der Waals surface area contributed by atoms with Gasteiger partial charge in [0, 0.05) is 30.4 Å². The van der Waals surface area contributed by atoms with E-state index in [2.05, 4.69) is 20.6 Å². The van der Waals surface area contributed by atoms with Crippen LogP contribution in [-0.2, 0) is 17.6 Å². The molecule has 0 spiro atoms. The van der Waals surface area contributed by atoms with Crippen LogP contribution >= 0.6 is 0 Å². The molecule has 0 atom stereocenters. The van der Waals surface area contributed by atoms with E-state index >= 15 is 0 Å². The van der Waals surface area contributed by atoms with Crippen molar-refractivity contribution in [2.24, 2.45) is 0 Å². The van der Waals surface area contributed by atoms with Crippen molar-refractivity contribution in [3.63, 3.8) is 0 Å². The van der Waals surface area contributed by atoms with Gasteiger partial charge in [0.15, 0.2) is 5.65 Å². The molecule has 8 heteroatoms. The molecule has 29 heavy (non-hydrogen) atoms. The predicted octanol–water partition coefficient (Wildman–Crippen LogP) is 2.57. The number of aryl methyl sites for hydroxylation is 1. The summed E-state index contributed by atoms with van der Waals surface area (Å²) >= 11 is 0. The van der Waals surface area contributed by atoms with Crippen LogP contribution in [0.25, 0.3) is 11.3 Å². The molecule has 4 rings (SSSR count). The van der Waals surface area contributed by atoms with Gasteiger partial charge in [-0.15, -0.1) is 10.2 Å². The molecular formula is C21H21FN6O. The van der Waals surface area contributed by atoms with Crippen molar-refractivity contribution in [1.29, 1.82) is 0 Å². The van der Waals surface area contributed by atoms with Gasteiger partial charge in [-0.25, -0.2) is 9.07 Å². The van der Waals surface area contributed by atoms with Crippen molar-refractivity contribution in [2.75, 3.05) is 6.54 Å². The van der Waals surface area contributed by atoms with Crippen LogP contribution in [0.1, 0.15) is 22.8 Å². The first-order chi connectivity index (χ1) is 14.0. The molecule has 0 saturated carbocycles. The first-order valence-corrected chi connectivity index (χ1v) is 9.39. The highest BCUT2D eigenvalue weighted by Crippen LogP contribution is 2.18. The molecule has 0 saturated heterocycles. The molecule has 4 aromatic rings. The molecule has 0 radical (unpaired) electrons. The van der Waals surface area contributed by atoms with Crippen molar-refractivity contribution in [3.05, 3.63) is 77.3 Å². The fourth-order valence-electron chi connectivity index (χ4n) is 3.36. The highest BCUT2D eigenvalue weighted by molar-refractivity contribution is 5.79. The molecule has 148 valence electrons. The molecule has 0 aliphatic carbocycles. The topological polar surface area (TPSA) is 77.1 Å². The molecule has 3 heterocycles. The van der Waals surface area contributed by atoms with Crippen molar-refractivity contribution in [2.45, 2.75) is 26.7 Å². The number of nitrogens with zero attached hydrogens (tertiary/aromatic N) is 5. The maximum atomic E-state index is 13.2. The van der Waals surface area contributed by atoms with E-state index in [1.54, 1.807) is 16.8 Å². The van der Waals surface area contributed by atoms with Gasteiger partial charge in [0.1, 0.15) is 11.6 Å². The quantitative estimate of drug-likeness (QED) is 0.547. The van der Waals surface area contributed by atoms with E-state index in [0.717, 1.165) is 34.1 Å². The zero-order chi connectivity index (χ0) is 20.4. The maximum absolute atomic E-state index is 13.2. The number of hydrogen-bond acceptors (Lipinski definition) is 4. The van der Waals surface area contributed by atoms with E-state index in [9.17, 15) is 9.18 Å². The lowest BCUT2D eigenvalue weighted by atomic mass is 10.1. The molecule has 0 fully saturated rings. The number of fused-ring (bicyclic) bond motifs is 1. The second kappa shape index (κ2) is 7.83. The van der Waals surface area contributed by atoms with Crippen LogP contribution in [-0.4, -0.2) is 36.8 Å². The molecular weight excluding hydrogens is 371 g/mol. The number of hydrogen-bond donors (Lipinski definition) is 1. The van der Waals surface area contributed by atoms with Crippen LogP contribution in [0.4, 0.5) is 4.39 Å². The van der Waals surface area contributed by atoms with E-state index in [0.29, 0.717) is 13.0 Å². The lowest BCUT2D eigenvalue weighted by Gasteiger charge is -2.07. The van der Waals surface area contributed by atoms with Crippen molar-refractivity contribution < 1.29 is 9.18 Å². The first-order valence-electron chi connectivity index (χ1n) is 9.39. The summed E-state index contributed by atoms with van der Waals surface area (Å²) < 4.78 is 16.8. The Morgan fingerprint density at radius 2 is 1.90 bits per heavy atom. The Kier molecular flexibility index (Phi) is 5.07. The van der Waals surface area contributed by atoms with Gasteiger partial charge >= 0.3 is 0 Å². The van der Waals surface area contributed by atoms with E-state index < -0.39 is 0 Å². The van der Waals surface area contributed by atoms with Gasteiger partial charge in [-0.3, -0.25) is 9.20 Å². The van der Waals surface area contributed by atoms with Gasteiger partial charge in [-0.05, 0) is 50.2 Å². The summed E-state index contributed by atoms with van der Waals surface area (Å²) in [4.78, 5) is 12.5. The van der Waals surface area contributed by atoms with Crippen LogP contribution in [0.3, 0.4) is 0 Å². The van der Waals surface area contributed by atoms with Gasteiger partial charge in [0.2, 0.25) is 5.91 Å². The second-order valence-electron chi connectivity index (χ2n) is 6.86. The number of amides is 1. The smallest absolute Gasteiger partial charge is 0.224 e. The highest BCUT2D eigenvalue weighted by Gasteiger charge is 2.16. The van der Waals surface area contributed by atoms with Crippen molar-refractivity contribution >= 4 is 11.6 Å². The third kappa shape index (κ3) is 3.87. The van der Waals surface area contributed by atoms with Crippen molar-refractivity contribution in [3.8, 4) is 5.69 Å². The number of carbonyl (C=O) groups is 1. The minimum Gasteiger partial charge on any atom is -0.355 e. The second-order valence-corrected chi connectivity index (χ2v) is 6.86. The molecule has 0 aliphatic rings. The molecule has 0 aliphatic heterocycles.